The highest BCUT2D eigenvalue weighted by Gasteiger charge is 2.34. The van der Waals surface area contributed by atoms with E-state index in [2.05, 4.69) is 9.80 Å². The Balaban J connectivity index is 2.01. The minimum Gasteiger partial charge on any atom is -0.462 e. The molecule has 29 heavy (non-hydrogen) atoms. The fourth-order valence-electron chi connectivity index (χ4n) is 4.30. The Morgan fingerprint density at radius 1 is 1.21 bits per heavy atom. The number of rotatable bonds is 3. The SMILES string of the molecule is CCOC(=O)c1c(F)n2c3c(c(N4CCN(C)CC4)ccc3c1=O)C(=O)CC2C. The second kappa shape index (κ2) is 7.26. The summed E-state index contributed by atoms with van der Waals surface area (Å²) in [5.74, 6) is -2.02. The van der Waals surface area contributed by atoms with Gasteiger partial charge in [0, 0.05) is 49.7 Å². The molecule has 1 atom stereocenters. The highest BCUT2D eigenvalue weighted by molar-refractivity contribution is 6.13. The first-order valence-electron chi connectivity index (χ1n) is 9.89. The maximum atomic E-state index is 15.4. The maximum Gasteiger partial charge on any atom is 0.346 e. The number of carbonyl (C=O) groups excluding carboxylic acids is 2. The van der Waals surface area contributed by atoms with E-state index in [1.165, 1.54) is 4.57 Å². The van der Waals surface area contributed by atoms with Crippen molar-refractivity contribution >= 4 is 28.3 Å². The van der Waals surface area contributed by atoms with Gasteiger partial charge in [-0.2, -0.15) is 4.39 Å². The van der Waals surface area contributed by atoms with E-state index in [-0.39, 0.29) is 29.7 Å². The van der Waals surface area contributed by atoms with Crippen molar-refractivity contribution in [1.29, 1.82) is 0 Å². The van der Waals surface area contributed by atoms with Crippen molar-refractivity contribution < 1.29 is 18.7 Å². The summed E-state index contributed by atoms with van der Waals surface area (Å²) in [5.41, 5.74) is 0.0374. The van der Waals surface area contributed by atoms with Crippen molar-refractivity contribution in [2.24, 2.45) is 0 Å². The number of piperazine rings is 1. The summed E-state index contributed by atoms with van der Waals surface area (Å²) in [4.78, 5) is 42.5. The van der Waals surface area contributed by atoms with Crippen LogP contribution in [0.5, 0.6) is 0 Å². The number of aromatic nitrogens is 1. The van der Waals surface area contributed by atoms with Crippen LogP contribution >= 0.6 is 0 Å². The lowest BCUT2D eigenvalue weighted by Crippen LogP contribution is -2.45. The van der Waals surface area contributed by atoms with Gasteiger partial charge < -0.3 is 19.1 Å². The molecule has 1 aromatic carbocycles. The molecule has 1 aromatic heterocycles. The predicted octanol–water partition coefficient (Wildman–Crippen LogP) is 2.22. The van der Waals surface area contributed by atoms with Gasteiger partial charge >= 0.3 is 5.97 Å². The number of halogens is 1. The smallest absolute Gasteiger partial charge is 0.346 e. The summed E-state index contributed by atoms with van der Waals surface area (Å²) in [6.45, 7) is 6.54. The summed E-state index contributed by atoms with van der Waals surface area (Å²) >= 11 is 0. The van der Waals surface area contributed by atoms with Gasteiger partial charge in [0.2, 0.25) is 11.4 Å². The highest BCUT2D eigenvalue weighted by atomic mass is 19.1. The van der Waals surface area contributed by atoms with Gasteiger partial charge in [0.05, 0.1) is 17.7 Å². The number of pyridine rings is 1. The second-order valence-corrected chi connectivity index (χ2v) is 7.71. The Morgan fingerprint density at radius 3 is 2.55 bits per heavy atom. The zero-order valence-corrected chi connectivity index (χ0v) is 16.8. The topological polar surface area (TPSA) is 71.8 Å². The number of nitrogens with zero attached hydrogens (tertiary/aromatic N) is 3. The zero-order valence-electron chi connectivity index (χ0n) is 16.8. The van der Waals surface area contributed by atoms with Crippen LogP contribution in [-0.4, -0.2) is 61.1 Å². The molecule has 8 heteroatoms. The molecule has 0 radical (unpaired) electrons. The quantitative estimate of drug-likeness (QED) is 0.580. The van der Waals surface area contributed by atoms with Crippen LogP contribution in [0.4, 0.5) is 10.1 Å². The average Bonchev–Trinajstić information content (AvgIpc) is 2.67. The number of anilines is 1. The fourth-order valence-corrected chi connectivity index (χ4v) is 4.30. The average molecular weight is 401 g/mol. The van der Waals surface area contributed by atoms with Crippen molar-refractivity contribution in [3.05, 3.63) is 39.4 Å². The number of ether oxygens (including phenoxy) is 1. The van der Waals surface area contributed by atoms with Crippen LogP contribution in [0.3, 0.4) is 0 Å². The van der Waals surface area contributed by atoms with E-state index in [1.54, 1.807) is 26.0 Å². The molecule has 1 unspecified atom stereocenters. The van der Waals surface area contributed by atoms with Crippen LogP contribution in [0, 0.1) is 5.95 Å². The molecule has 1 saturated heterocycles. The Hall–Kier alpha value is -2.74. The molecule has 0 spiro atoms. The summed E-state index contributed by atoms with van der Waals surface area (Å²) in [6, 6.07) is 2.84. The third-order valence-corrected chi connectivity index (χ3v) is 5.81. The van der Waals surface area contributed by atoms with Gasteiger partial charge in [-0.25, -0.2) is 4.79 Å². The second-order valence-electron chi connectivity index (χ2n) is 7.71. The number of hydrogen-bond acceptors (Lipinski definition) is 6. The maximum absolute atomic E-state index is 15.4. The van der Waals surface area contributed by atoms with E-state index in [1.807, 2.05) is 7.05 Å². The number of carbonyl (C=O) groups is 2. The molecule has 2 aliphatic rings. The molecule has 1 fully saturated rings. The van der Waals surface area contributed by atoms with Gasteiger partial charge in [-0.3, -0.25) is 9.59 Å². The standard InChI is InChI=1S/C21H24FN3O4/c1-4-29-21(28)17-19(27)13-5-6-14(24-9-7-23(3)8-10-24)16-15(26)11-12(2)25(18(13)16)20(17)22/h5-6,12H,4,7-11H2,1-3H3. The molecular weight excluding hydrogens is 377 g/mol. The monoisotopic (exact) mass is 401 g/mol. The molecule has 154 valence electrons. The van der Waals surface area contributed by atoms with Gasteiger partial charge in [0.25, 0.3) is 0 Å². The Labute approximate surface area is 167 Å². The Bertz CT molecular complexity index is 1070. The molecule has 0 amide bonds. The van der Waals surface area contributed by atoms with Crippen molar-refractivity contribution in [2.75, 3.05) is 44.7 Å². The molecule has 3 heterocycles. The molecule has 0 aliphatic carbocycles. The van der Waals surface area contributed by atoms with Crippen LogP contribution < -0.4 is 10.3 Å². The first kappa shape index (κ1) is 19.6. The Morgan fingerprint density at radius 2 is 1.90 bits per heavy atom. The number of hydrogen-bond donors (Lipinski definition) is 0. The fraction of sp³-hybridized carbons (Fsp3) is 0.476. The first-order chi connectivity index (χ1) is 13.8. The van der Waals surface area contributed by atoms with E-state index in [0.29, 0.717) is 5.56 Å². The summed E-state index contributed by atoms with van der Waals surface area (Å²) < 4.78 is 21.6. The third kappa shape index (κ3) is 3.02. The van der Waals surface area contributed by atoms with Gasteiger partial charge in [0.1, 0.15) is 0 Å². The van der Waals surface area contributed by atoms with Gasteiger partial charge in [-0.05, 0) is 33.0 Å². The molecule has 0 bridgehead atoms. The highest BCUT2D eigenvalue weighted by Crippen LogP contribution is 2.37. The lowest BCUT2D eigenvalue weighted by molar-refractivity contribution is 0.0517. The molecule has 0 N–H and O–H groups in total. The van der Waals surface area contributed by atoms with Crippen molar-refractivity contribution in [1.82, 2.24) is 9.47 Å². The van der Waals surface area contributed by atoms with Crippen molar-refractivity contribution in [3.8, 4) is 0 Å². The minimum atomic E-state index is -0.977. The summed E-state index contributed by atoms with van der Waals surface area (Å²) in [7, 11) is 2.04. The van der Waals surface area contributed by atoms with Crippen LogP contribution in [0.2, 0.25) is 0 Å². The number of likely N-dealkylation sites (N-methyl/N-ethyl adjacent to an activating group) is 1. The van der Waals surface area contributed by atoms with Crippen LogP contribution in [0.1, 0.15) is 47.0 Å². The number of Topliss-reactive ketones (excluding diaryl/α,β-unsaturated/α-hetero) is 1. The normalized spacial score (nSPS) is 19.7. The van der Waals surface area contributed by atoms with Gasteiger partial charge in [-0.1, -0.05) is 0 Å². The largest absolute Gasteiger partial charge is 0.462 e. The summed E-state index contributed by atoms with van der Waals surface area (Å²) in [5, 5.41) is 0.169. The van der Waals surface area contributed by atoms with Crippen LogP contribution in [0.25, 0.3) is 10.9 Å². The Kier molecular flexibility index (Phi) is 4.90. The van der Waals surface area contributed by atoms with Crippen molar-refractivity contribution in [3.63, 3.8) is 0 Å². The van der Waals surface area contributed by atoms with E-state index >= 15 is 4.39 Å². The van der Waals surface area contributed by atoms with E-state index in [4.69, 9.17) is 4.74 Å². The molecule has 7 nitrogen and oxygen atoms in total. The summed E-state index contributed by atoms with van der Waals surface area (Å²) in [6.07, 6.45) is 0.106. The first-order valence-corrected chi connectivity index (χ1v) is 9.89. The lowest BCUT2D eigenvalue weighted by Gasteiger charge is -2.36. The van der Waals surface area contributed by atoms with E-state index < -0.39 is 29.0 Å². The van der Waals surface area contributed by atoms with Gasteiger partial charge in [0.15, 0.2) is 11.3 Å². The van der Waals surface area contributed by atoms with Crippen LogP contribution in [0.15, 0.2) is 16.9 Å². The van der Waals surface area contributed by atoms with Crippen LogP contribution in [-0.2, 0) is 4.74 Å². The number of benzene rings is 1. The van der Waals surface area contributed by atoms with E-state index in [9.17, 15) is 14.4 Å². The molecule has 4 rings (SSSR count). The number of ketones is 1. The predicted molar refractivity (Wildman–Crippen MR) is 107 cm³/mol. The third-order valence-electron chi connectivity index (χ3n) is 5.81. The zero-order chi connectivity index (χ0) is 20.9. The van der Waals surface area contributed by atoms with E-state index in [0.717, 1.165) is 31.9 Å². The molecule has 2 aromatic rings. The molecule has 0 saturated carbocycles. The lowest BCUT2D eigenvalue weighted by atomic mass is 9.92. The van der Waals surface area contributed by atoms with Gasteiger partial charge in [-0.15, -0.1) is 0 Å². The van der Waals surface area contributed by atoms with Crippen molar-refractivity contribution in [2.45, 2.75) is 26.3 Å². The molecule has 2 aliphatic heterocycles. The minimum absolute atomic E-state index is 0.0391. The molecular formula is C21H24FN3O4. The number of esters is 1.